The van der Waals surface area contributed by atoms with Crippen molar-refractivity contribution in [2.75, 3.05) is 13.2 Å². The molecule has 64 valence electrons. The maximum atomic E-state index is 5.23. The highest BCUT2D eigenvalue weighted by atomic mass is 16.5. The van der Waals surface area contributed by atoms with Crippen molar-refractivity contribution >= 4 is 0 Å². The van der Waals surface area contributed by atoms with Crippen LogP contribution in [0.15, 0.2) is 25.1 Å². The Morgan fingerprint density at radius 3 is 2.91 bits per heavy atom. The molecule has 0 radical (unpaired) electrons. The fourth-order valence-electron chi connectivity index (χ4n) is 0.577. The first-order valence-corrected chi connectivity index (χ1v) is 3.97. The van der Waals surface area contributed by atoms with Crippen molar-refractivity contribution in [3.05, 3.63) is 25.1 Å². The lowest BCUT2D eigenvalue weighted by Crippen LogP contribution is -2.14. The molecule has 0 unspecified atom stereocenters. The lowest BCUT2D eigenvalue weighted by Gasteiger charge is -2.08. The Morgan fingerprint density at radius 2 is 2.36 bits per heavy atom. The van der Waals surface area contributed by atoms with Gasteiger partial charge in [0, 0.05) is 6.54 Å². The molecule has 1 N–H and O–H groups in total. The molecule has 0 aliphatic rings. The van der Waals surface area contributed by atoms with Crippen molar-refractivity contribution in [3.8, 4) is 0 Å². The lowest BCUT2D eigenvalue weighted by atomic mass is 10.4. The van der Waals surface area contributed by atoms with Gasteiger partial charge in [0.1, 0.15) is 0 Å². The largest absolute Gasteiger partial charge is 0.480 e. The summed E-state index contributed by atoms with van der Waals surface area (Å²) in [6, 6.07) is 0. The Labute approximate surface area is 68.9 Å². The van der Waals surface area contributed by atoms with Gasteiger partial charge in [-0.15, -0.1) is 6.58 Å². The highest BCUT2D eigenvalue weighted by Crippen LogP contribution is 1.92. The molecule has 0 aromatic rings. The Bertz CT molecular complexity index is 121. The minimum atomic E-state index is 0.637. The summed E-state index contributed by atoms with van der Waals surface area (Å²) in [6.07, 6.45) is 4.00. The molecule has 0 atom stereocenters. The van der Waals surface area contributed by atoms with Crippen LogP contribution in [0.5, 0.6) is 0 Å². The van der Waals surface area contributed by atoms with E-state index in [2.05, 4.69) is 25.4 Å². The molecule has 0 rings (SSSR count). The average Bonchev–Trinajstić information content (AvgIpc) is 2.01. The van der Waals surface area contributed by atoms with Crippen LogP contribution in [0, 0.1) is 0 Å². The zero-order valence-electron chi connectivity index (χ0n) is 7.23. The smallest absolute Gasteiger partial charge is 0.179 e. The van der Waals surface area contributed by atoms with Gasteiger partial charge in [-0.05, 0) is 13.0 Å². The molecule has 0 fully saturated rings. The second-order valence-electron chi connectivity index (χ2n) is 2.29. The van der Waals surface area contributed by atoms with Crippen molar-refractivity contribution in [3.63, 3.8) is 0 Å². The molecule has 0 aromatic heterocycles. The number of rotatable bonds is 7. The molecule has 0 saturated carbocycles. The average molecular weight is 155 g/mol. The van der Waals surface area contributed by atoms with Crippen molar-refractivity contribution in [1.82, 2.24) is 5.32 Å². The highest BCUT2D eigenvalue weighted by molar-refractivity contribution is 4.83. The minimum Gasteiger partial charge on any atom is -0.480 e. The summed E-state index contributed by atoms with van der Waals surface area (Å²) in [5, 5.41) is 2.96. The maximum Gasteiger partial charge on any atom is 0.179 e. The summed E-state index contributed by atoms with van der Waals surface area (Å²) in [5.41, 5.74) is 0. The normalized spacial score (nSPS) is 8.82. The fourth-order valence-corrected chi connectivity index (χ4v) is 0.577. The Morgan fingerprint density at radius 1 is 1.64 bits per heavy atom. The predicted molar refractivity (Wildman–Crippen MR) is 48.2 cm³/mol. The van der Waals surface area contributed by atoms with Crippen LogP contribution < -0.4 is 5.32 Å². The second kappa shape index (κ2) is 7.19. The van der Waals surface area contributed by atoms with Gasteiger partial charge in [-0.3, -0.25) is 0 Å². The van der Waals surface area contributed by atoms with Gasteiger partial charge >= 0.3 is 0 Å². The SMILES string of the molecule is C=CCNC(=C)OCCCC. The van der Waals surface area contributed by atoms with Crippen molar-refractivity contribution in [2.24, 2.45) is 0 Å². The van der Waals surface area contributed by atoms with E-state index in [1.165, 1.54) is 0 Å². The Balaban J connectivity index is 3.15. The molecule has 0 aliphatic carbocycles. The quantitative estimate of drug-likeness (QED) is 0.345. The van der Waals surface area contributed by atoms with E-state index in [-0.39, 0.29) is 0 Å². The van der Waals surface area contributed by atoms with Crippen molar-refractivity contribution < 1.29 is 4.74 Å². The molecular weight excluding hydrogens is 138 g/mol. The molecule has 2 nitrogen and oxygen atoms in total. The summed E-state index contributed by atoms with van der Waals surface area (Å²) in [5.74, 6) is 0.637. The van der Waals surface area contributed by atoms with Crippen LogP contribution in [-0.2, 0) is 4.74 Å². The van der Waals surface area contributed by atoms with Gasteiger partial charge < -0.3 is 10.1 Å². The van der Waals surface area contributed by atoms with E-state index in [9.17, 15) is 0 Å². The third kappa shape index (κ3) is 6.97. The van der Waals surface area contributed by atoms with E-state index in [1.807, 2.05) is 0 Å². The van der Waals surface area contributed by atoms with Gasteiger partial charge in [-0.25, -0.2) is 0 Å². The maximum absolute atomic E-state index is 5.23. The first kappa shape index (κ1) is 10.1. The Hall–Kier alpha value is -0.920. The summed E-state index contributed by atoms with van der Waals surface area (Å²) < 4.78 is 5.23. The topological polar surface area (TPSA) is 21.3 Å². The number of nitrogens with one attached hydrogen (secondary N) is 1. The van der Waals surface area contributed by atoms with E-state index in [1.54, 1.807) is 6.08 Å². The summed E-state index contributed by atoms with van der Waals surface area (Å²) in [6.45, 7) is 10.8. The zero-order chi connectivity index (χ0) is 8.53. The third-order valence-electron chi connectivity index (χ3n) is 1.22. The predicted octanol–water partition coefficient (Wildman–Crippen LogP) is 2.05. The van der Waals surface area contributed by atoms with Crippen molar-refractivity contribution in [1.29, 1.82) is 0 Å². The van der Waals surface area contributed by atoms with Crippen LogP contribution in [-0.4, -0.2) is 13.2 Å². The van der Waals surface area contributed by atoms with Crippen LogP contribution in [0.25, 0.3) is 0 Å². The molecule has 0 aromatic carbocycles. The van der Waals surface area contributed by atoms with E-state index < -0.39 is 0 Å². The molecular formula is C9H17NO. The van der Waals surface area contributed by atoms with Gasteiger partial charge in [0.2, 0.25) is 0 Å². The van der Waals surface area contributed by atoms with Gasteiger partial charge in [-0.2, -0.15) is 0 Å². The van der Waals surface area contributed by atoms with Crippen LogP contribution in [0.3, 0.4) is 0 Å². The molecule has 0 bridgehead atoms. The summed E-state index contributed by atoms with van der Waals surface area (Å²) >= 11 is 0. The molecule has 0 amide bonds. The third-order valence-corrected chi connectivity index (χ3v) is 1.22. The van der Waals surface area contributed by atoms with Crippen LogP contribution in [0.4, 0.5) is 0 Å². The molecule has 2 heteroatoms. The number of hydrogen-bond donors (Lipinski definition) is 1. The highest BCUT2D eigenvalue weighted by Gasteiger charge is 1.89. The van der Waals surface area contributed by atoms with Crippen molar-refractivity contribution in [2.45, 2.75) is 19.8 Å². The number of unbranched alkanes of at least 4 members (excludes halogenated alkanes) is 1. The number of ether oxygens (including phenoxy) is 1. The van der Waals surface area contributed by atoms with E-state index in [4.69, 9.17) is 4.74 Å². The molecule has 11 heavy (non-hydrogen) atoms. The van der Waals surface area contributed by atoms with Gasteiger partial charge in [-0.1, -0.05) is 19.4 Å². The molecule has 0 aliphatic heterocycles. The van der Waals surface area contributed by atoms with Crippen LogP contribution in [0.2, 0.25) is 0 Å². The van der Waals surface area contributed by atoms with Gasteiger partial charge in [0.25, 0.3) is 0 Å². The first-order chi connectivity index (χ1) is 5.31. The summed E-state index contributed by atoms with van der Waals surface area (Å²) in [7, 11) is 0. The molecule has 0 spiro atoms. The standard InChI is InChI=1S/C9H17NO/c1-4-6-8-11-9(3)10-7-5-2/h5,10H,2-4,6-8H2,1H3. The fraction of sp³-hybridized carbons (Fsp3) is 0.556. The van der Waals surface area contributed by atoms with E-state index in [0.29, 0.717) is 12.4 Å². The number of hydrogen-bond acceptors (Lipinski definition) is 2. The van der Waals surface area contributed by atoms with Crippen LogP contribution >= 0.6 is 0 Å². The monoisotopic (exact) mass is 155 g/mol. The zero-order valence-corrected chi connectivity index (χ0v) is 7.23. The van der Waals surface area contributed by atoms with Crippen LogP contribution in [0.1, 0.15) is 19.8 Å². The second-order valence-corrected chi connectivity index (χ2v) is 2.29. The van der Waals surface area contributed by atoms with Gasteiger partial charge in [0.15, 0.2) is 5.88 Å². The Kier molecular flexibility index (Phi) is 6.59. The minimum absolute atomic E-state index is 0.637. The molecule has 0 heterocycles. The van der Waals surface area contributed by atoms with E-state index in [0.717, 1.165) is 19.4 Å². The lowest BCUT2D eigenvalue weighted by molar-refractivity contribution is 0.190. The van der Waals surface area contributed by atoms with E-state index >= 15 is 0 Å². The first-order valence-electron chi connectivity index (χ1n) is 3.97. The summed E-state index contributed by atoms with van der Waals surface area (Å²) in [4.78, 5) is 0. The molecule has 0 saturated heterocycles. The van der Waals surface area contributed by atoms with Gasteiger partial charge in [0.05, 0.1) is 6.61 Å².